The van der Waals surface area contributed by atoms with Gasteiger partial charge in [-0.2, -0.15) is 5.10 Å². The van der Waals surface area contributed by atoms with Crippen LogP contribution in [0.2, 0.25) is 0 Å². The molecule has 1 aromatic rings. The highest BCUT2D eigenvalue weighted by Gasteiger charge is 2.23. The van der Waals surface area contributed by atoms with Crippen LogP contribution >= 0.6 is 0 Å². The minimum absolute atomic E-state index is 0.222. The van der Waals surface area contributed by atoms with Crippen molar-refractivity contribution in [2.75, 3.05) is 13.1 Å². The van der Waals surface area contributed by atoms with Crippen LogP contribution in [0.1, 0.15) is 36.9 Å². The first-order chi connectivity index (χ1) is 9.31. The van der Waals surface area contributed by atoms with Gasteiger partial charge in [-0.25, -0.2) is 0 Å². The Hall–Kier alpha value is -1.36. The van der Waals surface area contributed by atoms with Gasteiger partial charge in [0, 0.05) is 24.6 Å². The molecule has 0 aromatic carbocycles. The maximum Gasteiger partial charge on any atom is 0.220 e. The molecule has 1 saturated heterocycles. The van der Waals surface area contributed by atoms with E-state index in [9.17, 15) is 4.79 Å². The summed E-state index contributed by atoms with van der Waals surface area (Å²) < 4.78 is 0. The van der Waals surface area contributed by atoms with Crippen molar-refractivity contribution in [3.05, 3.63) is 17.5 Å². The maximum absolute atomic E-state index is 12.1. The van der Waals surface area contributed by atoms with Gasteiger partial charge in [-0.3, -0.25) is 9.89 Å². The predicted octanol–water partition coefficient (Wildman–Crippen LogP) is 0.773. The smallest absolute Gasteiger partial charge is 0.220 e. The van der Waals surface area contributed by atoms with Crippen LogP contribution in [0.5, 0.6) is 0 Å². The Balaban J connectivity index is 1.47. The van der Waals surface area contributed by atoms with Crippen LogP contribution in [0.3, 0.4) is 0 Å². The summed E-state index contributed by atoms with van der Waals surface area (Å²) in [4.78, 5) is 12.1. The summed E-state index contributed by atoms with van der Waals surface area (Å²) >= 11 is 0. The molecule has 104 valence electrons. The molecule has 19 heavy (non-hydrogen) atoms. The molecule has 1 aromatic heterocycles. The third-order valence-corrected chi connectivity index (χ3v) is 4.32. The van der Waals surface area contributed by atoms with Crippen LogP contribution in [-0.2, 0) is 17.6 Å². The van der Waals surface area contributed by atoms with Gasteiger partial charge in [0.2, 0.25) is 5.91 Å². The lowest BCUT2D eigenvalue weighted by atomic mass is 9.92. The number of carbonyl (C=O) groups is 1. The molecule has 1 aliphatic carbocycles. The van der Waals surface area contributed by atoms with E-state index in [2.05, 4.69) is 20.8 Å². The van der Waals surface area contributed by atoms with E-state index in [-0.39, 0.29) is 11.9 Å². The number of H-pyrrole nitrogens is 1. The van der Waals surface area contributed by atoms with E-state index in [1.54, 1.807) is 0 Å². The van der Waals surface area contributed by atoms with Crippen LogP contribution in [0.25, 0.3) is 0 Å². The van der Waals surface area contributed by atoms with Gasteiger partial charge in [-0.05, 0) is 50.3 Å². The molecule has 0 spiro atoms. The molecule has 1 atom stereocenters. The van der Waals surface area contributed by atoms with Crippen LogP contribution < -0.4 is 10.6 Å². The second-order valence-corrected chi connectivity index (χ2v) is 5.78. The molecule has 2 aliphatic rings. The zero-order chi connectivity index (χ0) is 13.1. The Morgan fingerprint density at radius 3 is 3.05 bits per heavy atom. The average molecular weight is 262 g/mol. The quantitative estimate of drug-likeness (QED) is 0.753. The lowest BCUT2D eigenvalue weighted by Gasteiger charge is -2.25. The summed E-state index contributed by atoms with van der Waals surface area (Å²) in [6.07, 6.45) is 7.80. The largest absolute Gasteiger partial charge is 0.353 e. The highest BCUT2D eigenvalue weighted by Crippen LogP contribution is 2.20. The summed E-state index contributed by atoms with van der Waals surface area (Å²) in [5, 5.41) is 13.6. The lowest BCUT2D eigenvalue weighted by Crippen LogP contribution is -2.40. The van der Waals surface area contributed by atoms with Crippen LogP contribution in [0.4, 0.5) is 0 Å². The van der Waals surface area contributed by atoms with E-state index in [1.807, 2.05) is 6.20 Å². The number of amides is 1. The van der Waals surface area contributed by atoms with Gasteiger partial charge in [0.1, 0.15) is 0 Å². The van der Waals surface area contributed by atoms with Gasteiger partial charge in [0.15, 0.2) is 0 Å². The number of aromatic amines is 1. The Morgan fingerprint density at radius 1 is 1.37 bits per heavy atom. The molecular weight excluding hydrogens is 240 g/mol. The number of aromatic nitrogens is 2. The van der Waals surface area contributed by atoms with Crippen molar-refractivity contribution in [1.29, 1.82) is 0 Å². The zero-order valence-electron chi connectivity index (χ0n) is 11.2. The van der Waals surface area contributed by atoms with E-state index in [1.165, 1.54) is 11.3 Å². The number of fused-ring (bicyclic) bond motifs is 1. The normalized spacial score (nSPS) is 23.9. The van der Waals surface area contributed by atoms with Crippen molar-refractivity contribution in [2.24, 2.45) is 5.92 Å². The fraction of sp³-hybridized carbons (Fsp3) is 0.714. The van der Waals surface area contributed by atoms with E-state index < -0.39 is 0 Å². The summed E-state index contributed by atoms with van der Waals surface area (Å²) in [5.41, 5.74) is 2.50. The van der Waals surface area contributed by atoms with E-state index in [0.29, 0.717) is 12.3 Å². The Bertz CT molecular complexity index is 436. The molecule has 5 nitrogen and oxygen atoms in total. The minimum atomic E-state index is 0.222. The van der Waals surface area contributed by atoms with Gasteiger partial charge >= 0.3 is 0 Å². The molecule has 5 heteroatoms. The van der Waals surface area contributed by atoms with Crippen LogP contribution in [-0.4, -0.2) is 35.2 Å². The van der Waals surface area contributed by atoms with Gasteiger partial charge < -0.3 is 10.6 Å². The first-order valence-corrected chi connectivity index (χ1v) is 7.32. The Kier molecular flexibility index (Phi) is 3.82. The summed E-state index contributed by atoms with van der Waals surface area (Å²) in [7, 11) is 0. The fourth-order valence-electron chi connectivity index (χ4n) is 3.17. The second-order valence-electron chi connectivity index (χ2n) is 5.78. The highest BCUT2D eigenvalue weighted by molar-refractivity contribution is 5.76. The van der Waals surface area contributed by atoms with Crippen LogP contribution in [0, 0.1) is 5.92 Å². The third kappa shape index (κ3) is 3.15. The first-order valence-electron chi connectivity index (χ1n) is 7.32. The first kappa shape index (κ1) is 12.7. The van der Waals surface area contributed by atoms with Gasteiger partial charge in [0.25, 0.3) is 0 Å². The summed E-state index contributed by atoms with van der Waals surface area (Å²) in [6, 6.07) is 0.280. The topological polar surface area (TPSA) is 69.8 Å². The number of nitrogens with zero attached hydrogens (tertiary/aromatic N) is 1. The van der Waals surface area contributed by atoms with Crippen LogP contribution in [0.15, 0.2) is 6.20 Å². The van der Waals surface area contributed by atoms with Gasteiger partial charge in [-0.15, -0.1) is 0 Å². The number of hydrogen-bond donors (Lipinski definition) is 3. The maximum atomic E-state index is 12.1. The van der Waals surface area contributed by atoms with E-state index in [4.69, 9.17) is 0 Å². The second kappa shape index (κ2) is 5.74. The molecule has 3 N–H and O–H groups in total. The van der Waals surface area contributed by atoms with Gasteiger partial charge in [-0.1, -0.05) is 0 Å². The fourth-order valence-corrected chi connectivity index (χ4v) is 3.17. The van der Waals surface area contributed by atoms with Crippen molar-refractivity contribution in [2.45, 2.75) is 44.6 Å². The molecule has 0 saturated carbocycles. The minimum Gasteiger partial charge on any atom is -0.353 e. The number of piperidine rings is 1. The standard InChI is InChI=1S/C14H22N4O/c19-14(7-10-3-5-15-6-4-10)17-12-2-1-11-9-16-18-13(11)8-12/h9-10,12,15H,1-8H2,(H,16,18)(H,17,19)/t12-/m1/s1. The molecule has 0 radical (unpaired) electrons. The SMILES string of the molecule is O=C(CC1CCNCC1)N[C@@H]1CCc2cn[nH]c2C1. The number of nitrogens with one attached hydrogen (secondary N) is 3. The van der Waals surface area contributed by atoms with Gasteiger partial charge in [0.05, 0.1) is 6.20 Å². The van der Waals surface area contributed by atoms with E-state index >= 15 is 0 Å². The van der Waals surface area contributed by atoms with Crippen molar-refractivity contribution in [3.63, 3.8) is 0 Å². The molecule has 1 fully saturated rings. The molecule has 0 bridgehead atoms. The van der Waals surface area contributed by atoms with Crippen molar-refractivity contribution < 1.29 is 4.79 Å². The van der Waals surface area contributed by atoms with Crippen molar-refractivity contribution in [1.82, 2.24) is 20.8 Å². The molecule has 1 aliphatic heterocycles. The molecule has 1 amide bonds. The Labute approximate surface area is 113 Å². The molecule has 0 unspecified atom stereocenters. The predicted molar refractivity (Wildman–Crippen MR) is 72.8 cm³/mol. The zero-order valence-corrected chi connectivity index (χ0v) is 11.2. The van der Waals surface area contributed by atoms with Crippen molar-refractivity contribution >= 4 is 5.91 Å². The Morgan fingerprint density at radius 2 is 2.21 bits per heavy atom. The summed E-state index contributed by atoms with van der Waals surface area (Å²) in [5.74, 6) is 0.785. The number of carbonyl (C=O) groups excluding carboxylic acids is 1. The third-order valence-electron chi connectivity index (χ3n) is 4.32. The average Bonchev–Trinajstić information content (AvgIpc) is 2.87. The highest BCUT2D eigenvalue weighted by atomic mass is 16.1. The number of rotatable bonds is 3. The molecule has 3 rings (SSSR count). The lowest BCUT2D eigenvalue weighted by molar-refractivity contribution is -0.123. The van der Waals surface area contributed by atoms with E-state index in [0.717, 1.165) is 45.2 Å². The monoisotopic (exact) mass is 262 g/mol. The summed E-state index contributed by atoms with van der Waals surface area (Å²) in [6.45, 7) is 2.11. The molecule has 2 heterocycles. The van der Waals surface area contributed by atoms with Crippen molar-refractivity contribution in [3.8, 4) is 0 Å². The number of hydrogen-bond acceptors (Lipinski definition) is 3. The number of aryl methyl sites for hydroxylation is 1. The molecular formula is C14H22N4O.